The molecular weight excluding hydrogens is 200 g/mol. The minimum Gasteiger partial charge on any atom is -0.397 e. The molecule has 2 heterocycles. The lowest BCUT2D eigenvalue weighted by Gasteiger charge is -2.38. The average Bonchev–Trinajstić information content (AvgIpc) is 2.25. The summed E-state index contributed by atoms with van der Waals surface area (Å²) < 4.78 is 0. The van der Waals surface area contributed by atoms with E-state index in [1.54, 1.807) is 0 Å². The van der Waals surface area contributed by atoms with Crippen molar-refractivity contribution in [2.75, 3.05) is 32.4 Å². The molecule has 4 nitrogen and oxygen atoms in total. The zero-order valence-electron chi connectivity index (χ0n) is 10.1. The van der Waals surface area contributed by atoms with Crippen LogP contribution in [0, 0.1) is 0 Å². The summed E-state index contributed by atoms with van der Waals surface area (Å²) in [6, 6.07) is 4.37. The maximum Gasteiger partial charge on any atom is 0.0772 e. The SMILES string of the molecule is CC1CN(C)CCN1Cc1ncccc1N. The van der Waals surface area contributed by atoms with Gasteiger partial charge < -0.3 is 10.6 Å². The van der Waals surface area contributed by atoms with Gasteiger partial charge in [-0.25, -0.2) is 0 Å². The molecule has 0 amide bonds. The van der Waals surface area contributed by atoms with E-state index in [0.717, 1.165) is 37.6 Å². The van der Waals surface area contributed by atoms with Crippen molar-refractivity contribution in [2.45, 2.75) is 19.5 Å². The maximum atomic E-state index is 5.91. The molecule has 2 rings (SSSR count). The fourth-order valence-corrected chi connectivity index (χ4v) is 2.19. The molecule has 0 bridgehead atoms. The van der Waals surface area contributed by atoms with Crippen LogP contribution in [-0.4, -0.2) is 47.5 Å². The van der Waals surface area contributed by atoms with Gasteiger partial charge >= 0.3 is 0 Å². The highest BCUT2D eigenvalue weighted by Gasteiger charge is 2.22. The molecule has 88 valence electrons. The molecule has 1 aliphatic rings. The van der Waals surface area contributed by atoms with Crippen LogP contribution < -0.4 is 5.73 Å². The first-order valence-electron chi connectivity index (χ1n) is 5.79. The van der Waals surface area contributed by atoms with E-state index >= 15 is 0 Å². The minimum absolute atomic E-state index is 0.570. The van der Waals surface area contributed by atoms with E-state index in [9.17, 15) is 0 Å². The number of hydrogen-bond acceptors (Lipinski definition) is 4. The van der Waals surface area contributed by atoms with Crippen molar-refractivity contribution in [2.24, 2.45) is 0 Å². The summed E-state index contributed by atoms with van der Waals surface area (Å²) in [5.41, 5.74) is 7.71. The Bertz CT molecular complexity index is 353. The molecule has 2 N–H and O–H groups in total. The van der Waals surface area contributed by atoms with E-state index in [2.05, 4.69) is 28.8 Å². The lowest BCUT2D eigenvalue weighted by Crippen LogP contribution is -2.49. The van der Waals surface area contributed by atoms with Crippen LogP contribution in [0.2, 0.25) is 0 Å². The van der Waals surface area contributed by atoms with Gasteiger partial charge in [0, 0.05) is 38.4 Å². The van der Waals surface area contributed by atoms with E-state index in [1.807, 2.05) is 18.3 Å². The Morgan fingerprint density at radius 3 is 3.00 bits per heavy atom. The van der Waals surface area contributed by atoms with Gasteiger partial charge in [0.2, 0.25) is 0 Å². The zero-order valence-corrected chi connectivity index (χ0v) is 10.1. The Morgan fingerprint density at radius 2 is 2.31 bits per heavy atom. The van der Waals surface area contributed by atoms with Crippen molar-refractivity contribution in [1.29, 1.82) is 0 Å². The molecule has 0 radical (unpaired) electrons. The van der Waals surface area contributed by atoms with E-state index in [-0.39, 0.29) is 0 Å². The van der Waals surface area contributed by atoms with Gasteiger partial charge in [-0.05, 0) is 26.1 Å². The monoisotopic (exact) mass is 220 g/mol. The highest BCUT2D eigenvalue weighted by Crippen LogP contribution is 2.15. The van der Waals surface area contributed by atoms with Gasteiger partial charge in [0.25, 0.3) is 0 Å². The number of aromatic nitrogens is 1. The zero-order chi connectivity index (χ0) is 11.5. The summed E-state index contributed by atoms with van der Waals surface area (Å²) in [6.45, 7) is 6.45. The van der Waals surface area contributed by atoms with Crippen LogP contribution in [0.25, 0.3) is 0 Å². The van der Waals surface area contributed by atoms with Gasteiger partial charge in [0.05, 0.1) is 11.4 Å². The summed E-state index contributed by atoms with van der Waals surface area (Å²) in [6.07, 6.45) is 1.81. The predicted octanol–water partition coefficient (Wildman–Crippen LogP) is 0.800. The van der Waals surface area contributed by atoms with Gasteiger partial charge in [-0.1, -0.05) is 0 Å². The second kappa shape index (κ2) is 4.80. The normalized spacial score (nSPS) is 23.5. The van der Waals surface area contributed by atoms with Crippen molar-refractivity contribution in [3.8, 4) is 0 Å². The molecule has 0 saturated carbocycles. The number of hydrogen-bond donors (Lipinski definition) is 1. The molecule has 0 spiro atoms. The minimum atomic E-state index is 0.570. The lowest BCUT2D eigenvalue weighted by molar-refractivity contribution is 0.0929. The Labute approximate surface area is 97.1 Å². The number of pyridine rings is 1. The van der Waals surface area contributed by atoms with Crippen molar-refractivity contribution < 1.29 is 0 Å². The first-order chi connectivity index (χ1) is 7.66. The van der Waals surface area contributed by atoms with Gasteiger partial charge in [-0.2, -0.15) is 0 Å². The second-order valence-electron chi connectivity index (χ2n) is 4.62. The van der Waals surface area contributed by atoms with Crippen LogP contribution in [0.3, 0.4) is 0 Å². The summed E-state index contributed by atoms with van der Waals surface area (Å²) in [5.74, 6) is 0. The van der Waals surface area contributed by atoms with E-state index in [0.29, 0.717) is 6.04 Å². The summed E-state index contributed by atoms with van der Waals surface area (Å²) in [7, 11) is 2.17. The van der Waals surface area contributed by atoms with Crippen molar-refractivity contribution in [3.63, 3.8) is 0 Å². The smallest absolute Gasteiger partial charge is 0.0772 e. The fourth-order valence-electron chi connectivity index (χ4n) is 2.19. The number of piperazine rings is 1. The predicted molar refractivity (Wildman–Crippen MR) is 66.0 cm³/mol. The Hall–Kier alpha value is -1.13. The van der Waals surface area contributed by atoms with Crippen LogP contribution in [0.5, 0.6) is 0 Å². The first-order valence-corrected chi connectivity index (χ1v) is 5.79. The highest BCUT2D eigenvalue weighted by molar-refractivity contribution is 5.41. The quantitative estimate of drug-likeness (QED) is 0.801. The van der Waals surface area contributed by atoms with Crippen molar-refractivity contribution in [3.05, 3.63) is 24.0 Å². The maximum absolute atomic E-state index is 5.91. The van der Waals surface area contributed by atoms with Crippen LogP contribution >= 0.6 is 0 Å². The van der Waals surface area contributed by atoms with Gasteiger partial charge in [-0.3, -0.25) is 9.88 Å². The van der Waals surface area contributed by atoms with Gasteiger partial charge in [0.1, 0.15) is 0 Å². The highest BCUT2D eigenvalue weighted by atomic mass is 15.3. The van der Waals surface area contributed by atoms with E-state index in [1.165, 1.54) is 0 Å². The number of nitrogens with zero attached hydrogens (tertiary/aromatic N) is 3. The molecule has 4 heteroatoms. The van der Waals surface area contributed by atoms with Crippen LogP contribution in [0.4, 0.5) is 5.69 Å². The molecule has 0 aliphatic carbocycles. The second-order valence-corrected chi connectivity index (χ2v) is 4.62. The number of likely N-dealkylation sites (N-methyl/N-ethyl adjacent to an activating group) is 1. The first kappa shape index (κ1) is 11.4. The topological polar surface area (TPSA) is 45.4 Å². The Morgan fingerprint density at radius 1 is 1.50 bits per heavy atom. The summed E-state index contributed by atoms with van der Waals surface area (Å²) in [4.78, 5) is 9.15. The third-order valence-corrected chi connectivity index (χ3v) is 3.25. The molecule has 1 atom stereocenters. The Kier molecular flexibility index (Phi) is 3.41. The molecule has 0 aromatic carbocycles. The summed E-state index contributed by atoms with van der Waals surface area (Å²) in [5, 5.41) is 0. The lowest BCUT2D eigenvalue weighted by atomic mass is 10.2. The van der Waals surface area contributed by atoms with E-state index < -0.39 is 0 Å². The van der Waals surface area contributed by atoms with Crippen molar-refractivity contribution in [1.82, 2.24) is 14.8 Å². The number of rotatable bonds is 2. The summed E-state index contributed by atoms with van der Waals surface area (Å²) >= 11 is 0. The fraction of sp³-hybridized carbons (Fsp3) is 0.583. The molecule has 1 aliphatic heterocycles. The molecule has 1 unspecified atom stereocenters. The molecule has 16 heavy (non-hydrogen) atoms. The molecule has 1 fully saturated rings. The molecular formula is C12H20N4. The van der Waals surface area contributed by atoms with Crippen LogP contribution in [0.15, 0.2) is 18.3 Å². The molecule has 1 aromatic rings. The Balaban J connectivity index is 2.02. The van der Waals surface area contributed by atoms with Crippen LogP contribution in [0.1, 0.15) is 12.6 Å². The van der Waals surface area contributed by atoms with Gasteiger partial charge in [0.15, 0.2) is 0 Å². The number of nitrogens with two attached hydrogens (primary N) is 1. The standard InChI is InChI=1S/C12H20N4/c1-10-8-15(2)6-7-16(10)9-12-11(13)4-3-5-14-12/h3-5,10H,6-9,13H2,1-2H3. The van der Waals surface area contributed by atoms with Crippen LogP contribution in [-0.2, 0) is 6.54 Å². The third kappa shape index (κ3) is 2.51. The van der Waals surface area contributed by atoms with Crippen molar-refractivity contribution >= 4 is 5.69 Å². The van der Waals surface area contributed by atoms with Gasteiger partial charge in [-0.15, -0.1) is 0 Å². The third-order valence-electron chi connectivity index (χ3n) is 3.25. The molecule has 1 aromatic heterocycles. The molecule has 1 saturated heterocycles. The average molecular weight is 220 g/mol. The number of nitrogen functional groups attached to an aromatic ring is 1. The largest absolute Gasteiger partial charge is 0.397 e. The van der Waals surface area contributed by atoms with E-state index in [4.69, 9.17) is 5.73 Å². The number of anilines is 1.